The molecule has 1 atom stereocenters. The highest BCUT2D eigenvalue weighted by atomic mass is 35.5. The summed E-state index contributed by atoms with van der Waals surface area (Å²) in [6, 6.07) is 19.4. The van der Waals surface area contributed by atoms with Crippen molar-refractivity contribution in [1.29, 1.82) is 0 Å². The number of likely N-dealkylation sites (N-methyl/N-ethyl adjacent to an activating group) is 1. The van der Waals surface area contributed by atoms with Crippen molar-refractivity contribution in [3.05, 3.63) is 77.8 Å². The first-order chi connectivity index (χ1) is 14.8. The molecule has 162 valence electrons. The highest BCUT2D eigenvalue weighted by Gasteiger charge is 2.19. The van der Waals surface area contributed by atoms with Gasteiger partial charge in [0.05, 0.1) is 10.6 Å². The number of carbonyl (C=O) groups is 1. The highest BCUT2D eigenvalue weighted by molar-refractivity contribution is 7.92. The van der Waals surface area contributed by atoms with Gasteiger partial charge in [0, 0.05) is 12.1 Å². The zero-order valence-electron chi connectivity index (χ0n) is 16.8. The van der Waals surface area contributed by atoms with Crippen LogP contribution in [-0.4, -0.2) is 27.5 Å². The average molecular weight is 461 g/mol. The Bertz CT molecular complexity index is 1150. The van der Waals surface area contributed by atoms with E-state index in [-0.39, 0.29) is 16.5 Å². The van der Waals surface area contributed by atoms with Crippen LogP contribution in [0, 0.1) is 0 Å². The van der Waals surface area contributed by atoms with Crippen LogP contribution in [0.1, 0.15) is 6.92 Å². The maximum absolute atomic E-state index is 12.9. The van der Waals surface area contributed by atoms with Crippen molar-refractivity contribution < 1.29 is 22.7 Å². The summed E-state index contributed by atoms with van der Waals surface area (Å²) >= 11 is 6.06. The van der Waals surface area contributed by atoms with Gasteiger partial charge in [-0.15, -0.1) is 0 Å². The smallest absolute Gasteiger partial charge is 0.262 e. The summed E-state index contributed by atoms with van der Waals surface area (Å²) in [4.78, 5) is 11.6. The topological polar surface area (TPSA) is 93.7 Å². The van der Waals surface area contributed by atoms with E-state index < -0.39 is 16.1 Å². The Labute approximate surface area is 186 Å². The molecule has 0 aliphatic heterocycles. The second-order valence-electron chi connectivity index (χ2n) is 6.51. The minimum atomic E-state index is -3.93. The summed E-state index contributed by atoms with van der Waals surface area (Å²) in [5.74, 6) is 0.937. The van der Waals surface area contributed by atoms with Gasteiger partial charge >= 0.3 is 0 Å². The third-order valence-corrected chi connectivity index (χ3v) is 5.84. The van der Waals surface area contributed by atoms with E-state index in [1.54, 1.807) is 31.2 Å². The first kappa shape index (κ1) is 22.5. The van der Waals surface area contributed by atoms with E-state index in [1.807, 2.05) is 18.2 Å². The second-order valence-corrected chi connectivity index (χ2v) is 8.63. The summed E-state index contributed by atoms with van der Waals surface area (Å²) in [5.41, 5.74) is 0.199. The zero-order chi connectivity index (χ0) is 22.4. The van der Waals surface area contributed by atoms with E-state index >= 15 is 0 Å². The number of anilines is 1. The third kappa shape index (κ3) is 5.90. The number of rotatable bonds is 8. The minimum absolute atomic E-state index is 0.0121. The standard InChI is InChI=1S/C22H21ClN2O5S/c1-15(22(26)24-2)29-18-9-11-19(12-10-18)31(27,28)25-20-14-16(23)8-13-21(20)30-17-6-4-3-5-7-17/h3-15,25H,1-2H3,(H,24,26)/t15-/m1/s1. The average Bonchev–Trinajstić information content (AvgIpc) is 2.76. The van der Waals surface area contributed by atoms with Gasteiger partial charge in [0.25, 0.3) is 15.9 Å². The Morgan fingerprint density at radius 3 is 2.29 bits per heavy atom. The molecule has 0 bridgehead atoms. The van der Waals surface area contributed by atoms with Crippen molar-refractivity contribution in [3.63, 3.8) is 0 Å². The van der Waals surface area contributed by atoms with Crippen molar-refractivity contribution in [3.8, 4) is 17.2 Å². The molecule has 0 unspecified atom stereocenters. The Morgan fingerprint density at radius 1 is 0.968 bits per heavy atom. The number of nitrogens with one attached hydrogen (secondary N) is 2. The Balaban J connectivity index is 1.80. The summed E-state index contributed by atoms with van der Waals surface area (Å²) in [5, 5.41) is 2.83. The van der Waals surface area contributed by atoms with Gasteiger partial charge in [0.2, 0.25) is 0 Å². The van der Waals surface area contributed by atoms with Crippen molar-refractivity contribution in [2.75, 3.05) is 11.8 Å². The third-order valence-electron chi connectivity index (χ3n) is 4.22. The lowest BCUT2D eigenvalue weighted by Crippen LogP contribution is -2.33. The molecule has 2 N–H and O–H groups in total. The maximum Gasteiger partial charge on any atom is 0.262 e. The first-order valence-electron chi connectivity index (χ1n) is 9.32. The van der Waals surface area contributed by atoms with Crippen molar-refractivity contribution in [1.82, 2.24) is 5.32 Å². The number of para-hydroxylation sites is 1. The molecule has 0 spiro atoms. The van der Waals surface area contributed by atoms with E-state index in [2.05, 4.69) is 10.0 Å². The quantitative estimate of drug-likeness (QED) is 0.518. The van der Waals surface area contributed by atoms with E-state index in [4.69, 9.17) is 21.1 Å². The molecule has 3 rings (SSSR count). The molecular formula is C22H21ClN2O5S. The molecule has 31 heavy (non-hydrogen) atoms. The predicted molar refractivity (Wildman–Crippen MR) is 119 cm³/mol. The lowest BCUT2D eigenvalue weighted by molar-refractivity contribution is -0.126. The van der Waals surface area contributed by atoms with Crippen LogP contribution in [0.5, 0.6) is 17.2 Å². The van der Waals surface area contributed by atoms with Crippen molar-refractivity contribution in [2.24, 2.45) is 0 Å². The minimum Gasteiger partial charge on any atom is -0.481 e. The van der Waals surface area contributed by atoms with Crippen LogP contribution >= 0.6 is 11.6 Å². The van der Waals surface area contributed by atoms with Gasteiger partial charge in [-0.2, -0.15) is 0 Å². The van der Waals surface area contributed by atoms with E-state index in [0.29, 0.717) is 22.3 Å². The molecule has 0 radical (unpaired) electrons. The molecular weight excluding hydrogens is 440 g/mol. The normalized spacial score (nSPS) is 12.0. The van der Waals surface area contributed by atoms with Gasteiger partial charge < -0.3 is 14.8 Å². The van der Waals surface area contributed by atoms with E-state index in [9.17, 15) is 13.2 Å². The van der Waals surface area contributed by atoms with Gasteiger partial charge in [-0.3, -0.25) is 9.52 Å². The van der Waals surface area contributed by atoms with Crippen LogP contribution in [0.2, 0.25) is 5.02 Å². The van der Waals surface area contributed by atoms with Crippen LogP contribution in [-0.2, 0) is 14.8 Å². The molecule has 9 heteroatoms. The summed E-state index contributed by atoms with van der Waals surface area (Å²) in [6.45, 7) is 1.60. The number of hydrogen-bond acceptors (Lipinski definition) is 5. The number of hydrogen-bond donors (Lipinski definition) is 2. The summed E-state index contributed by atoms with van der Waals surface area (Å²) < 4.78 is 39.6. The number of benzene rings is 3. The molecule has 3 aromatic rings. The lowest BCUT2D eigenvalue weighted by atomic mass is 10.3. The number of carbonyl (C=O) groups excluding carboxylic acids is 1. The summed E-state index contributed by atoms with van der Waals surface area (Å²) in [6.07, 6.45) is -0.713. The first-order valence-corrected chi connectivity index (χ1v) is 11.2. The molecule has 3 aromatic carbocycles. The lowest BCUT2D eigenvalue weighted by Gasteiger charge is -2.15. The van der Waals surface area contributed by atoms with Crippen LogP contribution in [0.25, 0.3) is 0 Å². The van der Waals surface area contributed by atoms with Crippen molar-refractivity contribution in [2.45, 2.75) is 17.9 Å². The van der Waals surface area contributed by atoms with Gasteiger partial charge in [-0.1, -0.05) is 29.8 Å². The molecule has 0 heterocycles. The predicted octanol–water partition coefficient (Wildman–Crippen LogP) is 4.45. The SMILES string of the molecule is CNC(=O)[C@@H](C)Oc1ccc(S(=O)(=O)Nc2cc(Cl)ccc2Oc2ccccc2)cc1. The van der Waals surface area contributed by atoms with Crippen LogP contribution in [0.3, 0.4) is 0 Å². The van der Waals surface area contributed by atoms with Gasteiger partial charge in [-0.05, 0) is 61.5 Å². The van der Waals surface area contributed by atoms with Crippen LogP contribution in [0.4, 0.5) is 5.69 Å². The highest BCUT2D eigenvalue weighted by Crippen LogP contribution is 2.33. The maximum atomic E-state index is 12.9. The van der Waals surface area contributed by atoms with E-state index in [0.717, 1.165) is 0 Å². The molecule has 0 fully saturated rings. The number of sulfonamides is 1. The Morgan fingerprint density at radius 2 is 1.65 bits per heavy atom. The molecule has 0 saturated heterocycles. The fraction of sp³-hybridized carbons (Fsp3) is 0.136. The summed E-state index contributed by atoms with van der Waals surface area (Å²) in [7, 11) is -2.43. The fourth-order valence-corrected chi connectivity index (χ4v) is 3.88. The van der Waals surface area contributed by atoms with E-state index in [1.165, 1.54) is 37.4 Å². The van der Waals surface area contributed by atoms with Crippen LogP contribution in [0.15, 0.2) is 77.7 Å². The monoisotopic (exact) mass is 460 g/mol. The number of ether oxygens (including phenoxy) is 2. The molecule has 0 saturated carbocycles. The molecule has 7 nitrogen and oxygen atoms in total. The number of amides is 1. The molecule has 0 aliphatic rings. The Hall–Kier alpha value is -3.23. The molecule has 1 amide bonds. The van der Waals surface area contributed by atoms with Gasteiger partial charge in [-0.25, -0.2) is 8.42 Å². The zero-order valence-corrected chi connectivity index (χ0v) is 18.4. The molecule has 0 aliphatic carbocycles. The van der Waals surface area contributed by atoms with Gasteiger partial charge in [0.15, 0.2) is 11.9 Å². The number of halogens is 1. The molecule has 0 aromatic heterocycles. The van der Waals surface area contributed by atoms with Gasteiger partial charge in [0.1, 0.15) is 11.5 Å². The van der Waals surface area contributed by atoms with Crippen LogP contribution < -0.4 is 19.5 Å². The Kier molecular flexibility index (Phi) is 7.04. The fourth-order valence-electron chi connectivity index (χ4n) is 2.65. The largest absolute Gasteiger partial charge is 0.481 e. The van der Waals surface area contributed by atoms with Crippen molar-refractivity contribution >= 4 is 33.2 Å². The second kappa shape index (κ2) is 9.72.